The molecule has 0 unspecified atom stereocenters. The Hall–Kier alpha value is -2.85. The number of alkyl halides is 2. The highest BCUT2D eigenvalue weighted by molar-refractivity contribution is 7.89. The SMILES string of the molecule is CC(=O)c1ccc(S(=O)(=O)NCCC(=O)NCc2ccc(OC(F)F)cc2)cc1. The third-order valence-corrected chi connectivity index (χ3v) is 5.33. The number of carbonyl (C=O) groups is 2. The van der Waals surface area contributed by atoms with Gasteiger partial charge in [-0.1, -0.05) is 24.3 Å². The summed E-state index contributed by atoms with van der Waals surface area (Å²) in [5.41, 5.74) is 1.07. The number of carbonyl (C=O) groups excluding carboxylic acids is 2. The predicted molar refractivity (Wildman–Crippen MR) is 101 cm³/mol. The van der Waals surface area contributed by atoms with Crippen molar-refractivity contribution in [3.05, 3.63) is 59.7 Å². The van der Waals surface area contributed by atoms with Crippen LogP contribution in [0.4, 0.5) is 8.78 Å². The maximum Gasteiger partial charge on any atom is 0.387 e. The van der Waals surface area contributed by atoms with Gasteiger partial charge in [-0.15, -0.1) is 0 Å². The predicted octanol–water partition coefficient (Wildman–Crippen LogP) is 2.48. The molecule has 0 spiro atoms. The maximum atomic E-state index is 12.2. The summed E-state index contributed by atoms with van der Waals surface area (Å²) in [6.45, 7) is -1.47. The van der Waals surface area contributed by atoms with Gasteiger partial charge in [-0.2, -0.15) is 8.78 Å². The van der Waals surface area contributed by atoms with Gasteiger partial charge in [0.2, 0.25) is 15.9 Å². The van der Waals surface area contributed by atoms with Crippen LogP contribution in [0.3, 0.4) is 0 Å². The van der Waals surface area contributed by atoms with E-state index in [0.717, 1.165) is 0 Å². The number of hydrogen-bond donors (Lipinski definition) is 2. The van der Waals surface area contributed by atoms with Crippen LogP contribution in [0, 0.1) is 0 Å². The third kappa shape index (κ3) is 7.24. The lowest BCUT2D eigenvalue weighted by molar-refractivity contribution is -0.121. The van der Waals surface area contributed by atoms with Crippen LogP contribution in [0.2, 0.25) is 0 Å². The van der Waals surface area contributed by atoms with E-state index in [0.29, 0.717) is 11.1 Å². The minimum absolute atomic E-state index is 0.00554. The second-order valence-electron chi connectivity index (χ2n) is 6.03. The number of rotatable bonds is 10. The maximum absolute atomic E-state index is 12.2. The molecule has 0 radical (unpaired) electrons. The van der Waals surface area contributed by atoms with Gasteiger partial charge in [-0.25, -0.2) is 13.1 Å². The molecule has 0 fully saturated rings. The molecule has 0 bridgehead atoms. The van der Waals surface area contributed by atoms with E-state index in [-0.39, 0.29) is 41.8 Å². The monoisotopic (exact) mass is 426 g/mol. The number of hydrogen-bond acceptors (Lipinski definition) is 5. The van der Waals surface area contributed by atoms with Crippen LogP contribution < -0.4 is 14.8 Å². The first-order valence-electron chi connectivity index (χ1n) is 8.58. The van der Waals surface area contributed by atoms with Gasteiger partial charge in [0, 0.05) is 25.1 Å². The van der Waals surface area contributed by atoms with Gasteiger partial charge >= 0.3 is 6.61 Å². The Labute approximate surface area is 167 Å². The van der Waals surface area contributed by atoms with Gasteiger partial charge in [0.25, 0.3) is 0 Å². The zero-order valence-corrected chi connectivity index (χ0v) is 16.3. The Kier molecular flexibility index (Phi) is 7.80. The van der Waals surface area contributed by atoms with Crippen LogP contribution in [0.25, 0.3) is 0 Å². The highest BCUT2D eigenvalue weighted by Crippen LogP contribution is 2.15. The molecule has 2 N–H and O–H groups in total. The summed E-state index contributed by atoms with van der Waals surface area (Å²) in [5, 5.41) is 2.60. The van der Waals surface area contributed by atoms with Crippen LogP contribution in [0.1, 0.15) is 29.3 Å². The summed E-state index contributed by atoms with van der Waals surface area (Å²) in [6, 6.07) is 11.3. The van der Waals surface area contributed by atoms with Gasteiger partial charge in [-0.05, 0) is 36.8 Å². The number of nitrogens with one attached hydrogen (secondary N) is 2. The molecule has 0 aliphatic carbocycles. The van der Waals surface area contributed by atoms with E-state index in [2.05, 4.69) is 14.8 Å². The van der Waals surface area contributed by atoms with E-state index >= 15 is 0 Å². The van der Waals surface area contributed by atoms with Crippen LogP contribution in [-0.2, 0) is 21.4 Å². The van der Waals surface area contributed by atoms with Crippen LogP contribution >= 0.6 is 0 Å². The van der Waals surface area contributed by atoms with Gasteiger partial charge in [0.1, 0.15) is 5.75 Å². The van der Waals surface area contributed by atoms with E-state index < -0.39 is 16.6 Å². The van der Waals surface area contributed by atoms with Crippen molar-refractivity contribution in [2.45, 2.75) is 31.4 Å². The number of ketones is 1. The summed E-state index contributed by atoms with van der Waals surface area (Å²) in [6.07, 6.45) is -0.0860. The number of amides is 1. The number of sulfonamides is 1. The molecular formula is C19H20F2N2O5S. The molecule has 0 aliphatic rings. The number of ether oxygens (including phenoxy) is 1. The van der Waals surface area contributed by atoms with Crippen LogP contribution in [0.5, 0.6) is 5.75 Å². The molecule has 156 valence electrons. The van der Waals surface area contributed by atoms with Crippen LogP contribution in [0.15, 0.2) is 53.4 Å². The minimum atomic E-state index is -3.80. The summed E-state index contributed by atoms with van der Waals surface area (Å²) >= 11 is 0. The molecule has 0 aromatic heterocycles. The highest BCUT2D eigenvalue weighted by Gasteiger charge is 2.14. The molecule has 0 heterocycles. The fourth-order valence-electron chi connectivity index (χ4n) is 2.33. The Bertz CT molecular complexity index is 946. The molecule has 2 aromatic carbocycles. The largest absolute Gasteiger partial charge is 0.435 e. The highest BCUT2D eigenvalue weighted by atomic mass is 32.2. The van der Waals surface area contributed by atoms with Gasteiger partial charge in [0.15, 0.2) is 5.78 Å². The van der Waals surface area contributed by atoms with E-state index in [1.807, 2.05) is 0 Å². The Balaban J connectivity index is 1.78. The van der Waals surface area contributed by atoms with E-state index in [1.54, 1.807) is 0 Å². The summed E-state index contributed by atoms with van der Waals surface area (Å²) < 4.78 is 55.1. The molecule has 0 atom stereocenters. The summed E-state index contributed by atoms with van der Waals surface area (Å²) in [7, 11) is -3.80. The lowest BCUT2D eigenvalue weighted by Gasteiger charge is -2.09. The lowest BCUT2D eigenvalue weighted by Crippen LogP contribution is -2.30. The molecule has 10 heteroatoms. The Morgan fingerprint density at radius 3 is 2.21 bits per heavy atom. The standard InChI is InChI=1S/C19H20F2N2O5S/c1-13(24)15-4-8-17(9-5-15)29(26,27)23-11-10-18(25)22-12-14-2-6-16(7-3-14)28-19(20)21/h2-9,19,23H,10-12H2,1H3,(H,22,25). The Morgan fingerprint density at radius 1 is 1.03 bits per heavy atom. The molecule has 29 heavy (non-hydrogen) atoms. The average molecular weight is 426 g/mol. The molecule has 2 rings (SSSR count). The molecule has 0 aliphatic heterocycles. The summed E-state index contributed by atoms with van der Waals surface area (Å²) in [5.74, 6) is -0.539. The third-order valence-electron chi connectivity index (χ3n) is 3.85. The van der Waals surface area contributed by atoms with Crippen molar-refractivity contribution in [1.82, 2.24) is 10.0 Å². The zero-order valence-electron chi connectivity index (χ0n) is 15.5. The fourth-order valence-corrected chi connectivity index (χ4v) is 3.36. The fraction of sp³-hybridized carbons (Fsp3) is 0.263. The van der Waals surface area contributed by atoms with E-state index in [1.165, 1.54) is 55.5 Å². The van der Waals surface area contributed by atoms with Gasteiger partial charge < -0.3 is 10.1 Å². The Morgan fingerprint density at radius 2 is 1.66 bits per heavy atom. The first-order chi connectivity index (χ1) is 13.7. The smallest absolute Gasteiger partial charge is 0.387 e. The van der Waals surface area contributed by atoms with Crippen molar-refractivity contribution in [1.29, 1.82) is 0 Å². The quantitative estimate of drug-likeness (QED) is 0.569. The molecule has 0 saturated carbocycles. The van der Waals surface area contributed by atoms with E-state index in [9.17, 15) is 26.8 Å². The van der Waals surface area contributed by atoms with Crippen molar-refractivity contribution in [3.8, 4) is 5.75 Å². The molecule has 2 aromatic rings. The zero-order chi connectivity index (χ0) is 21.4. The number of halogens is 2. The first kappa shape index (κ1) is 22.4. The van der Waals surface area contributed by atoms with Crippen LogP contribution in [-0.4, -0.2) is 33.3 Å². The molecule has 0 saturated heterocycles. The average Bonchev–Trinajstić information content (AvgIpc) is 2.67. The number of Topliss-reactive ketones (excluding diaryl/α,β-unsaturated/α-hetero) is 1. The molecule has 7 nitrogen and oxygen atoms in total. The van der Waals surface area contributed by atoms with Gasteiger partial charge in [0.05, 0.1) is 4.90 Å². The lowest BCUT2D eigenvalue weighted by atomic mass is 10.2. The second-order valence-corrected chi connectivity index (χ2v) is 7.79. The first-order valence-corrected chi connectivity index (χ1v) is 10.1. The van der Waals surface area contributed by atoms with Crippen molar-refractivity contribution >= 4 is 21.7 Å². The normalized spacial score (nSPS) is 11.3. The van der Waals surface area contributed by atoms with E-state index in [4.69, 9.17) is 0 Å². The summed E-state index contributed by atoms with van der Waals surface area (Å²) in [4.78, 5) is 23.1. The second kappa shape index (κ2) is 10.1. The van der Waals surface area contributed by atoms with Crippen molar-refractivity contribution in [3.63, 3.8) is 0 Å². The van der Waals surface area contributed by atoms with Crippen molar-refractivity contribution in [2.24, 2.45) is 0 Å². The molecule has 1 amide bonds. The van der Waals surface area contributed by atoms with Crippen molar-refractivity contribution < 1.29 is 31.5 Å². The number of benzene rings is 2. The van der Waals surface area contributed by atoms with Gasteiger partial charge in [-0.3, -0.25) is 9.59 Å². The topological polar surface area (TPSA) is 102 Å². The van der Waals surface area contributed by atoms with Crippen molar-refractivity contribution in [2.75, 3.05) is 6.54 Å². The molecular weight excluding hydrogens is 406 g/mol. The minimum Gasteiger partial charge on any atom is -0.435 e.